The zero-order valence-corrected chi connectivity index (χ0v) is 19.7. The van der Waals surface area contributed by atoms with Crippen LogP contribution in [-0.2, 0) is 0 Å². The van der Waals surface area contributed by atoms with Crippen molar-refractivity contribution in [3.8, 4) is 11.5 Å². The van der Waals surface area contributed by atoms with Gasteiger partial charge in [0, 0.05) is 14.5 Å². The molecule has 1 aromatic heterocycles. The number of rotatable bonds is 6. The molecule has 0 amide bonds. The summed E-state index contributed by atoms with van der Waals surface area (Å²) in [5.74, 6) is 1.66. The Kier molecular flexibility index (Phi) is 6.74. The second-order valence-corrected chi connectivity index (χ2v) is 8.38. The predicted octanol–water partition coefficient (Wildman–Crippen LogP) is 5.30. The number of fused-ring (bicyclic) bond motifs is 1. The van der Waals surface area contributed by atoms with Gasteiger partial charge in [-0.25, -0.2) is 4.98 Å². The highest BCUT2D eigenvalue weighted by molar-refractivity contribution is 9.10. The van der Waals surface area contributed by atoms with Gasteiger partial charge in [0.15, 0.2) is 11.5 Å². The van der Waals surface area contributed by atoms with E-state index in [0.29, 0.717) is 33.8 Å². The van der Waals surface area contributed by atoms with Gasteiger partial charge >= 0.3 is 0 Å². The van der Waals surface area contributed by atoms with Crippen LogP contribution in [0.15, 0.2) is 49.2 Å². The number of nitrogens with zero attached hydrogens (tertiary/aromatic N) is 3. The molecule has 6 nitrogen and oxygen atoms in total. The van der Waals surface area contributed by atoms with Gasteiger partial charge in [0.2, 0.25) is 0 Å². The van der Waals surface area contributed by atoms with Crippen LogP contribution in [0.3, 0.4) is 0 Å². The lowest BCUT2D eigenvalue weighted by molar-refractivity contribution is 0.207. The topological polar surface area (TPSA) is 65.7 Å². The molecule has 3 aromatic rings. The minimum Gasteiger partial charge on any atom is -0.493 e. The molecule has 0 N–H and O–H groups in total. The molecule has 0 bridgehead atoms. The number of methoxy groups -OCH3 is 1. The number of aryl methyl sites for hydroxylation is 1. The normalized spacial score (nSPS) is 12.5. The molecule has 0 aliphatic rings. The van der Waals surface area contributed by atoms with Crippen molar-refractivity contribution >= 4 is 49.0 Å². The molecule has 1 heterocycles. The lowest BCUT2D eigenvalue weighted by Crippen LogP contribution is -2.20. The van der Waals surface area contributed by atoms with Gasteiger partial charge < -0.3 is 9.47 Å². The minimum atomic E-state index is -0.239. The van der Waals surface area contributed by atoms with Crippen LogP contribution >= 0.6 is 31.9 Å². The number of ether oxygens (including phenoxy) is 2. The molecule has 8 heteroatoms. The average Bonchev–Trinajstić information content (AvgIpc) is 2.69. The SMILES string of the molecule is CC[C@H](C)Oc1c(C=Nn2c(C)nc3ccc(Br)cc3c2=O)cc(Br)cc1OC. The van der Waals surface area contributed by atoms with Gasteiger partial charge in [0.05, 0.1) is 30.3 Å². The van der Waals surface area contributed by atoms with Crippen LogP contribution in [0.5, 0.6) is 11.5 Å². The number of halogens is 2. The molecule has 0 spiro atoms. The Balaban J connectivity index is 2.12. The summed E-state index contributed by atoms with van der Waals surface area (Å²) in [5.41, 5.74) is 1.08. The third kappa shape index (κ3) is 4.70. The van der Waals surface area contributed by atoms with Crippen LogP contribution in [0.25, 0.3) is 10.9 Å². The molecule has 0 saturated carbocycles. The van der Waals surface area contributed by atoms with E-state index in [0.717, 1.165) is 15.4 Å². The Morgan fingerprint density at radius 2 is 2.00 bits per heavy atom. The maximum absolute atomic E-state index is 12.9. The molecule has 0 unspecified atom stereocenters. The van der Waals surface area contributed by atoms with Crippen molar-refractivity contribution < 1.29 is 9.47 Å². The fraction of sp³-hybridized carbons (Fsp3) is 0.286. The molecule has 0 saturated heterocycles. The van der Waals surface area contributed by atoms with Crippen molar-refractivity contribution in [3.63, 3.8) is 0 Å². The highest BCUT2D eigenvalue weighted by Crippen LogP contribution is 2.35. The second-order valence-electron chi connectivity index (χ2n) is 6.55. The van der Waals surface area contributed by atoms with Crippen molar-refractivity contribution in [2.75, 3.05) is 7.11 Å². The summed E-state index contributed by atoms with van der Waals surface area (Å²) < 4.78 is 14.5. The summed E-state index contributed by atoms with van der Waals surface area (Å²) in [6.45, 7) is 5.78. The molecule has 0 radical (unpaired) electrons. The third-order valence-electron chi connectivity index (χ3n) is 4.44. The summed E-state index contributed by atoms with van der Waals surface area (Å²) in [4.78, 5) is 17.4. The van der Waals surface area contributed by atoms with E-state index in [1.807, 2.05) is 32.0 Å². The lowest BCUT2D eigenvalue weighted by atomic mass is 10.2. The summed E-state index contributed by atoms with van der Waals surface area (Å²) in [7, 11) is 1.59. The molecular weight excluding hydrogens is 502 g/mol. The standard InChI is InChI=1S/C21H21Br2N3O3/c1-5-12(2)29-20-14(8-16(23)10-19(20)28-4)11-24-26-13(3)25-18-7-6-15(22)9-17(18)21(26)27/h6-12H,5H2,1-4H3/t12-/m0/s1. The first kappa shape index (κ1) is 21.5. The summed E-state index contributed by atoms with van der Waals surface area (Å²) in [6, 6.07) is 9.11. The fourth-order valence-corrected chi connectivity index (χ4v) is 3.58. The molecule has 1 atom stereocenters. The van der Waals surface area contributed by atoms with Gasteiger partial charge in [-0.15, -0.1) is 0 Å². The van der Waals surface area contributed by atoms with Crippen LogP contribution in [0.4, 0.5) is 0 Å². The molecule has 2 aromatic carbocycles. The van der Waals surface area contributed by atoms with Gasteiger partial charge in [-0.3, -0.25) is 4.79 Å². The van der Waals surface area contributed by atoms with Crippen molar-refractivity contribution in [1.82, 2.24) is 9.66 Å². The summed E-state index contributed by atoms with van der Waals surface area (Å²) >= 11 is 6.88. The zero-order valence-electron chi connectivity index (χ0n) is 16.6. The summed E-state index contributed by atoms with van der Waals surface area (Å²) in [6.07, 6.45) is 2.43. The fourth-order valence-electron chi connectivity index (χ4n) is 2.76. The second kappa shape index (κ2) is 9.09. The monoisotopic (exact) mass is 521 g/mol. The van der Waals surface area contributed by atoms with Gasteiger partial charge in [0.25, 0.3) is 5.56 Å². The first-order valence-electron chi connectivity index (χ1n) is 9.11. The van der Waals surface area contributed by atoms with Gasteiger partial charge in [-0.1, -0.05) is 38.8 Å². The minimum absolute atomic E-state index is 0.00127. The Morgan fingerprint density at radius 3 is 2.69 bits per heavy atom. The Morgan fingerprint density at radius 1 is 1.24 bits per heavy atom. The smallest absolute Gasteiger partial charge is 0.282 e. The molecule has 29 heavy (non-hydrogen) atoms. The van der Waals surface area contributed by atoms with Gasteiger partial charge in [0.1, 0.15) is 5.82 Å². The number of aromatic nitrogens is 2. The highest BCUT2D eigenvalue weighted by atomic mass is 79.9. The quantitative estimate of drug-likeness (QED) is 0.412. The molecule has 152 valence electrons. The maximum Gasteiger partial charge on any atom is 0.282 e. The van der Waals surface area contributed by atoms with Crippen LogP contribution in [-0.4, -0.2) is 29.1 Å². The third-order valence-corrected chi connectivity index (χ3v) is 5.40. The van der Waals surface area contributed by atoms with Gasteiger partial charge in [-0.05, 0) is 50.6 Å². The Labute approximate surface area is 185 Å². The number of benzene rings is 2. The van der Waals surface area contributed by atoms with Crippen LogP contribution in [0, 0.1) is 6.92 Å². The van der Waals surface area contributed by atoms with E-state index in [9.17, 15) is 4.79 Å². The predicted molar refractivity (Wildman–Crippen MR) is 123 cm³/mol. The van der Waals surface area contributed by atoms with E-state index < -0.39 is 0 Å². The molecule has 0 fully saturated rings. The molecule has 0 aliphatic heterocycles. The molecular formula is C21H21Br2N3O3. The first-order valence-corrected chi connectivity index (χ1v) is 10.7. The van der Waals surface area contributed by atoms with Crippen molar-refractivity contribution in [2.45, 2.75) is 33.3 Å². The average molecular weight is 523 g/mol. The van der Waals surface area contributed by atoms with Crippen LogP contribution < -0.4 is 15.0 Å². The van der Waals surface area contributed by atoms with E-state index >= 15 is 0 Å². The van der Waals surface area contributed by atoms with Crippen LogP contribution in [0.2, 0.25) is 0 Å². The lowest BCUT2D eigenvalue weighted by Gasteiger charge is -2.18. The maximum atomic E-state index is 12.9. The van der Waals surface area contributed by atoms with E-state index in [1.54, 1.807) is 32.4 Å². The van der Waals surface area contributed by atoms with E-state index in [4.69, 9.17) is 9.47 Å². The van der Waals surface area contributed by atoms with Gasteiger partial charge in [-0.2, -0.15) is 9.78 Å². The number of hydrogen-bond donors (Lipinski definition) is 0. The van der Waals surface area contributed by atoms with E-state index in [-0.39, 0.29) is 11.7 Å². The van der Waals surface area contributed by atoms with Crippen molar-refractivity contribution in [3.05, 3.63) is 61.0 Å². The Hall–Kier alpha value is -2.19. The van der Waals surface area contributed by atoms with Crippen molar-refractivity contribution in [2.24, 2.45) is 5.10 Å². The summed E-state index contributed by atoms with van der Waals surface area (Å²) in [5, 5.41) is 4.90. The largest absolute Gasteiger partial charge is 0.493 e. The zero-order chi connectivity index (χ0) is 21.1. The van der Waals surface area contributed by atoms with Crippen LogP contribution in [0.1, 0.15) is 31.7 Å². The number of hydrogen-bond acceptors (Lipinski definition) is 5. The van der Waals surface area contributed by atoms with E-state index in [2.05, 4.69) is 41.9 Å². The molecule has 3 rings (SSSR count). The van der Waals surface area contributed by atoms with E-state index in [1.165, 1.54) is 4.68 Å². The van der Waals surface area contributed by atoms with Crippen molar-refractivity contribution in [1.29, 1.82) is 0 Å². The molecule has 0 aliphatic carbocycles. The first-order chi connectivity index (χ1) is 13.8. The Bertz CT molecular complexity index is 1140. The highest BCUT2D eigenvalue weighted by Gasteiger charge is 2.15.